The summed E-state index contributed by atoms with van der Waals surface area (Å²) in [4.78, 5) is 14.3. The van der Waals surface area contributed by atoms with E-state index < -0.39 is 28.6 Å². The first-order valence-corrected chi connectivity index (χ1v) is 11.3. The fraction of sp³-hybridized carbons (Fsp3) is 0.870. The zero-order valence-electron chi connectivity index (χ0n) is 17.7. The highest BCUT2D eigenvalue weighted by Crippen LogP contribution is 2.79. The first-order valence-electron chi connectivity index (χ1n) is 11.3. The van der Waals surface area contributed by atoms with Gasteiger partial charge >= 0.3 is 0 Å². The molecule has 0 aromatic rings. The number of rotatable bonds is 0. The zero-order chi connectivity index (χ0) is 20.2. The highest BCUT2D eigenvalue weighted by atomic mass is 16.8. The lowest BCUT2D eigenvalue weighted by molar-refractivity contribution is -0.524. The van der Waals surface area contributed by atoms with E-state index in [0.717, 1.165) is 19.3 Å². The van der Waals surface area contributed by atoms with E-state index in [9.17, 15) is 9.90 Å². The molecule has 3 saturated carbocycles. The third kappa shape index (κ3) is 1.53. The zero-order valence-corrected chi connectivity index (χ0v) is 17.7. The number of Topliss-reactive ketones (excluding diaryl/α,β-unsaturated/α-hetero) is 1. The maximum Gasteiger partial charge on any atom is 0.213 e. The van der Waals surface area contributed by atoms with Crippen LogP contribution in [-0.2, 0) is 19.0 Å². The van der Waals surface area contributed by atoms with Crippen molar-refractivity contribution in [2.45, 2.75) is 76.3 Å². The second kappa shape index (κ2) is 4.53. The van der Waals surface area contributed by atoms with Crippen molar-refractivity contribution in [3.05, 3.63) is 12.2 Å². The Morgan fingerprint density at radius 2 is 1.97 bits per heavy atom. The van der Waals surface area contributed by atoms with E-state index in [-0.39, 0.29) is 40.5 Å². The number of allylic oxidation sites excluding steroid dienone is 1. The number of ether oxygens (including phenoxy) is 3. The van der Waals surface area contributed by atoms with Crippen molar-refractivity contribution in [2.75, 3.05) is 13.2 Å². The van der Waals surface area contributed by atoms with Crippen LogP contribution in [0.15, 0.2) is 12.2 Å². The van der Waals surface area contributed by atoms with E-state index >= 15 is 0 Å². The minimum Gasteiger partial charge on any atom is -0.387 e. The van der Waals surface area contributed by atoms with Gasteiger partial charge in [-0.3, -0.25) is 4.79 Å². The van der Waals surface area contributed by atoms with Crippen molar-refractivity contribution in [3.63, 3.8) is 0 Å². The Morgan fingerprint density at radius 3 is 2.69 bits per heavy atom. The van der Waals surface area contributed by atoms with Gasteiger partial charge in [0.1, 0.15) is 11.5 Å². The van der Waals surface area contributed by atoms with Gasteiger partial charge in [-0.1, -0.05) is 26.0 Å². The molecule has 4 spiro atoms. The van der Waals surface area contributed by atoms with Crippen LogP contribution in [0.3, 0.4) is 0 Å². The fourth-order valence-electron chi connectivity index (χ4n) is 9.16. The minimum atomic E-state index is -1.33. The number of fused-ring (bicyclic) bond motifs is 2. The summed E-state index contributed by atoms with van der Waals surface area (Å²) in [6, 6.07) is 0. The number of ketones is 1. The fourth-order valence-corrected chi connectivity index (χ4v) is 9.16. The van der Waals surface area contributed by atoms with Crippen LogP contribution in [-0.4, -0.2) is 53.4 Å². The Balaban J connectivity index is 1.55. The van der Waals surface area contributed by atoms with E-state index in [1.807, 2.05) is 13.8 Å². The van der Waals surface area contributed by atoms with Gasteiger partial charge < -0.3 is 24.6 Å². The number of hydrogen-bond acceptors (Lipinski definition) is 6. The summed E-state index contributed by atoms with van der Waals surface area (Å²) in [7, 11) is 0. The predicted molar refractivity (Wildman–Crippen MR) is 103 cm³/mol. The lowest BCUT2D eigenvalue weighted by Gasteiger charge is -2.76. The average molecular weight is 402 g/mol. The number of carbonyl (C=O) groups is 1. The quantitative estimate of drug-likeness (QED) is 0.475. The second-order valence-electron chi connectivity index (χ2n) is 11.9. The molecule has 158 valence electrons. The Hall–Kier alpha value is -0.790. The highest BCUT2D eigenvalue weighted by molar-refractivity contribution is 6.02. The Kier molecular flexibility index (Phi) is 2.79. The number of aliphatic hydroxyl groups excluding tert-OH is 1. The maximum absolute atomic E-state index is 14.3. The lowest BCUT2D eigenvalue weighted by Crippen LogP contribution is -2.86. The predicted octanol–water partition coefficient (Wildman–Crippen LogP) is 1.76. The number of aliphatic hydroxyl groups is 1. The van der Waals surface area contributed by atoms with Crippen LogP contribution in [0.5, 0.6) is 0 Å². The molecule has 7 fully saturated rings. The van der Waals surface area contributed by atoms with Crippen molar-refractivity contribution in [1.82, 2.24) is 5.32 Å². The molecule has 4 bridgehead atoms. The molecule has 8 aliphatic rings. The molecule has 2 N–H and O–H groups in total. The molecule has 29 heavy (non-hydrogen) atoms. The molecule has 4 aliphatic carbocycles. The van der Waals surface area contributed by atoms with E-state index in [2.05, 4.69) is 31.3 Å². The van der Waals surface area contributed by atoms with E-state index in [1.165, 1.54) is 0 Å². The van der Waals surface area contributed by atoms with Crippen LogP contribution in [0.1, 0.15) is 47.0 Å². The SMILES string of the molecule is CC1(C)O[C@@H]2[C@H]3CCC4[C@]56C=CCC(C)(C)C5[C@H](O)C(OC6)(O1)[C@]42C(=O)C31CN1. The molecule has 4 saturated heterocycles. The first kappa shape index (κ1) is 17.8. The number of nitrogens with one attached hydrogen (secondary N) is 1. The summed E-state index contributed by atoms with van der Waals surface area (Å²) in [6.07, 6.45) is 6.23. The molecule has 4 unspecified atom stereocenters. The third-order valence-electron chi connectivity index (χ3n) is 9.87. The van der Waals surface area contributed by atoms with Crippen LogP contribution >= 0.6 is 0 Å². The molecule has 0 aromatic heterocycles. The summed E-state index contributed by atoms with van der Waals surface area (Å²) in [5.74, 6) is -1.89. The molecule has 6 nitrogen and oxygen atoms in total. The van der Waals surface area contributed by atoms with Gasteiger partial charge in [0.15, 0.2) is 11.6 Å². The lowest BCUT2D eigenvalue weighted by atomic mass is 9.37. The standard InChI is InChI=1S/C23H31NO5/c1-18(2)8-5-9-20-11-27-23(15(25)14(18)20)22-13(20)7-6-12(21(10-24-21)17(22)26)16(22)28-19(3,4)29-23/h5,9,12-16,24-25H,6-8,10-11H2,1-4H3/t12-,13?,14?,15+,16-,20-,21?,22-,23?/m1/s1. The summed E-state index contributed by atoms with van der Waals surface area (Å²) in [6.45, 7) is 9.48. The Morgan fingerprint density at radius 1 is 1.21 bits per heavy atom. The van der Waals surface area contributed by atoms with Gasteiger partial charge in [-0.25, -0.2) is 0 Å². The van der Waals surface area contributed by atoms with Gasteiger partial charge in [0.05, 0.1) is 18.2 Å². The minimum absolute atomic E-state index is 0.00742. The van der Waals surface area contributed by atoms with Crippen LogP contribution < -0.4 is 5.32 Å². The highest BCUT2D eigenvalue weighted by Gasteiger charge is 2.92. The normalized spacial score (nSPS) is 62.1. The molecular formula is C23H31NO5. The molecule has 0 amide bonds. The van der Waals surface area contributed by atoms with Gasteiger partial charge in [-0.2, -0.15) is 0 Å². The van der Waals surface area contributed by atoms with Gasteiger partial charge in [-0.15, -0.1) is 0 Å². The molecule has 0 aromatic carbocycles. The Bertz CT molecular complexity index is 876. The third-order valence-corrected chi connectivity index (χ3v) is 9.87. The van der Waals surface area contributed by atoms with Crippen molar-refractivity contribution < 1.29 is 24.1 Å². The average Bonchev–Trinajstić information content (AvgIpc) is 3.41. The van der Waals surface area contributed by atoms with Crippen LogP contribution in [0.4, 0.5) is 0 Å². The van der Waals surface area contributed by atoms with Gasteiger partial charge in [-0.05, 0) is 44.4 Å². The molecule has 0 radical (unpaired) electrons. The number of carbonyl (C=O) groups excluding carboxylic acids is 1. The van der Waals surface area contributed by atoms with Crippen molar-refractivity contribution in [2.24, 2.45) is 34.0 Å². The molecular weight excluding hydrogens is 370 g/mol. The van der Waals surface area contributed by atoms with Gasteiger partial charge in [0.25, 0.3) is 0 Å². The monoisotopic (exact) mass is 401 g/mol. The summed E-state index contributed by atoms with van der Waals surface area (Å²) < 4.78 is 19.7. The molecule has 4 aliphatic heterocycles. The van der Waals surface area contributed by atoms with Crippen LogP contribution in [0.2, 0.25) is 0 Å². The van der Waals surface area contributed by atoms with Crippen LogP contribution in [0, 0.1) is 34.0 Å². The van der Waals surface area contributed by atoms with Gasteiger partial charge in [0, 0.05) is 23.8 Å². The van der Waals surface area contributed by atoms with Crippen molar-refractivity contribution in [1.29, 1.82) is 0 Å². The number of hydrogen-bond donors (Lipinski definition) is 2. The topological polar surface area (TPSA) is 86.9 Å². The maximum atomic E-state index is 14.3. The molecule has 9 atom stereocenters. The van der Waals surface area contributed by atoms with Crippen LogP contribution in [0.25, 0.3) is 0 Å². The van der Waals surface area contributed by atoms with Crippen molar-refractivity contribution in [3.8, 4) is 0 Å². The smallest absolute Gasteiger partial charge is 0.213 e. The Labute approximate surface area is 171 Å². The van der Waals surface area contributed by atoms with Crippen molar-refractivity contribution >= 4 is 5.78 Å². The van der Waals surface area contributed by atoms with E-state index in [1.54, 1.807) is 0 Å². The second-order valence-corrected chi connectivity index (χ2v) is 11.9. The molecule has 4 heterocycles. The molecule has 6 heteroatoms. The van der Waals surface area contributed by atoms with Gasteiger partial charge in [0.2, 0.25) is 5.79 Å². The summed E-state index contributed by atoms with van der Waals surface area (Å²) in [5, 5.41) is 15.4. The largest absolute Gasteiger partial charge is 0.387 e. The summed E-state index contributed by atoms with van der Waals surface area (Å²) in [5.41, 5.74) is -1.91. The van der Waals surface area contributed by atoms with E-state index in [0.29, 0.717) is 13.2 Å². The first-order chi connectivity index (χ1) is 13.6. The van der Waals surface area contributed by atoms with E-state index in [4.69, 9.17) is 14.2 Å². The summed E-state index contributed by atoms with van der Waals surface area (Å²) >= 11 is 0. The molecule has 8 rings (SSSR count).